The number of nitrogens with one attached hydrogen (secondary N) is 1. The summed E-state index contributed by atoms with van der Waals surface area (Å²) in [7, 11) is 1.08. The van der Waals surface area contributed by atoms with Gasteiger partial charge in [-0.05, 0) is 12.1 Å². The first-order valence-electron chi connectivity index (χ1n) is 6.30. The fraction of sp³-hybridized carbons (Fsp3) is 0.385. The Hall–Kier alpha value is -2.22. The van der Waals surface area contributed by atoms with Gasteiger partial charge in [0.05, 0.1) is 18.4 Å². The lowest BCUT2D eigenvalue weighted by atomic mass is 10.1. The third-order valence-electron chi connectivity index (χ3n) is 3.35. The van der Waals surface area contributed by atoms with Crippen LogP contribution in [-0.2, 0) is 9.53 Å². The minimum Gasteiger partial charge on any atom is -0.465 e. The minimum absolute atomic E-state index is 0.106. The van der Waals surface area contributed by atoms with Crippen LogP contribution >= 0.6 is 0 Å². The van der Waals surface area contributed by atoms with Crippen LogP contribution in [0, 0.1) is 11.6 Å². The number of anilines is 1. The molecule has 1 aromatic carbocycles. The van der Waals surface area contributed by atoms with Crippen molar-refractivity contribution in [1.29, 1.82) is 0 Å². The minimum atomic E-state index is -1.30. The van der Waals surface area contributed by atoms with Gasteiger partial charge in [0.1, 0.15) is 6.04 Å². The van der Waals surface area contributed by atoms with Gasteiger partial charge in [0.25, 0.3) is 0 Å². The first-order chi connectivity index (χ1) is 9.97. The maximum absolute atomic E-state index is 14.2. The van der Waals surface area contributed by atoms with Gasteiger partial charge in [0.2, 0.25) is 5.91 Å². The van der Waals surface area contributed by atoms with E-state index in [0.29, 0.717) is 13.1 Å². The predicted octanol–water partition coefficient (Wildman–Crippen LogP) is 0.0149. The maximum atomic E-state index is 14.2. The molecule has 1 amide bonds. The Labute approximate surface area is 119 Å². The highest BCUT2D eigenvalue weighted by Gasteiger charge is 2.30. The van der Waals surface area contributed by atoms with Crippen molar-refractivity contribution in [2.45, 2.75) is 6.04 Å². The second-order valence-electron chi connectivity index (χ2n) is 4.57. The number of primary amides is 1. The summed E-state index contributed by atoms with van der Waals surface area (Å²) in [6, 6.07) is 1.59. The number of hydrogen-bond acceptors (Lipinski definition) is 5. The number of carbonyl (C=O) groups is 2. The molecular weight excluding hydrogens is 284 g/mol. The van der Waals surface area contributed by atoms with E-state index < -0.39 is 35.1 Å². The van der Waals surface area contributed by atoms with Crippen LogP contribution in [0.15, 0.2) is 12.1 Å². The summed E-state index contributed by atoms with van der Waals surface area (Å²) < 4.78 is 32.5. The molecule has 2 rings (SSSR count). The van der Waals surface area contributed by atoms with Gasteiger partial charge in [0, 0.05) is 19.6 Å². The van der Waals surface area contributed by atoms with Crippen LogP contribution in [0.1, 0.15) is 10.4 Å². The van der Waals surface area contributed by atoms with Crippen molar-refractivity contribution in [3.63, 3.8) is 0 Å². The van der Waals surface area contributed by atoms with E-state index in [-0.39, 0.29) is 12.2 Å². The highest BCUT2D eigenvalue weighted by atomic mass is 19.2. The van der Waals surface area contributed by atoms with E-state index in [0.717, 1.165) is 13.2 Å². The molecule has 21 heavy (non-hydrogen) atoms. The molecule has 1 aromatic rings. The van der Waals surface area contributed by atoms with E-state index in [9.17, 15) is 18.4 Å². The van der Waals surface area contributed by atoms with Gasteiger partial charge in [-0.2, -0.15) is 0 Å². The molecule has 0 aromatic heterocycles. The molecule has 0 saturated carbocycles. The number of esters is 1. The standard InChI is InChI=1S/C13H15F2N3O3/c1-21-13(20)7-2-3-8(11(15)10(7)14)18-5-4-17-6-9(18)12(16)19/h2-3,9,17H,4-6H2,1H3,(H2,16,19). The Balaban J connectivity index is 2.42. The van der Waals surface area contributed by atoms with Gasteiger partial charge in [-0.3, -0.25) is 4.79 Å². The largest absolute Gasteiger partial charge is 0.465 e. The first-order valence-corrected chi connectivity index (χ1v) is 6.30. The summed E-state index contributed by atoms with van der Waals surface area (Å²) >= 11 is 0. The van der Waals surface area contributed by atoms with Crippen LogP contribution < -0.4 is 16.0 Å². The lowest BCUT2D eigenvalue weighted by molar-refractivity contribution is -0.119. The van der Waals surface area contributed by atoms with Crippen LogP contribution in [0.5, 0.6) is 0 Å². The number of nitrogens with zero attached hydrogens (tertiary/aromatic N) is 1. The molecule has 1 aliphatic rings. The van der Waals surface area contributed by atoms with Gasteiger partial charge in [0.15, 0.2) is 11.6 Å². The fourth-order valence-electron chi connectivity index (χ4n) is 2.28. The molecule has 114 valence electrons. The highest BCUT2D eigenvalue weighted by molar-refractivity contribution is 5.90. The van der Waals surface area contributed by atoms with E-state index in [4.69, 9.17) is 5.73 Å². The Morgan fingerprint density at radius 1 is 1.38 bits per heavy atom. The van der Waals surface area contributed by atoms with Crippen molar-refractivity contribution in [3.8, 4) is 0 Å². The zero-order chi connectivity index (χ0) is 15.6. The molecule has 1 heterocycles. The quantitative estimate of drug-likeness (QED) is 0.768. The first kappa shape index (κ1) is 15.2. The molecule has 3 N–H and O–H groups in total. The Morgan fingerprint density at radius 2 is 2.10 bits per heavy atom. The van der Waals surface area contributed by atoms with Crippen LogP contribution in [0.4, 0.5) is 14.5 Å². The SMILES string of the molecule is COC(=O)c1ccc(N2CCNCC2C(N)=O)c(F)c1F. The normalized spacial score (nSPS) is 18.4. The van der Waals surface area contributed by atoms with Gasteiger partial charge in [-0.15, -0.1) is 0 Å². The zero-order valence-electron chi connectivity index (χ0n) is 11.4. The zero-order valence-corrected chi connectivity index (χ0v) is 11.4. The van der Waals surface area contributed by atoms with Crippen molar-refractivity contribution < 1.29 is 23.1 Å². The summed E-state index contributed by atoms with van der Waals surface area (Å²) in [5.74, 6) is -4.11. The van der Waals surface area contributed by atoms with E-state index in [2.05, 4.69) is 10.1 Å². The fourth-order valence-corrected chi connectivity index (χ4v) is 2.28. The topological polar surface area (TPSA) is 84.7 Å². The van der Waals surface area contributed by atoms with Gasteiger partial charge >= 0.3 is 5.97 Å². The number of benzene rings is 1. The average molecular weight is 299 g/mol. The second kappa shape index (κ2) is 6.04. The molecule has 6 nitrogen and oxygen atoms in total. The summed E-state index contributed by atoms with van der Waals surface area (Å²) in [5.41, 5.74) is 4.67. The predicted molar refractivity (Wildman–Crippen MR) is 70.9 cm³/mol. The number of methoxy groups -OCH3 is 1. The Bertz CT molecular complexity index is 580. The number of ether oxygens (including phenoxy) is 1. The molecular formula is C13H15F2N3O3. The smallest absolute Gasteiger partial charge is 0.340 e. The van der Waals surface area contributed by atoms with Crippen molar-refractivity contribution in [1.82, 2.24) is 5.32 Å². The highest BCUT2D eigenvalue weighted by Crippen LogP contribution is 2.26. The molecule has 8 heteroatoms. The maximum Gasteiger partial charge on any atom is 0.340 e. The van der Waals surface area contributed by atoms with Crippen LogP contribution in [-0.4, -0.2) is 44.7 Å². The van der Waals surface area contributed by atoms with E-state index in [1.165, 1.54) is 11.0 Å². The third kappa shape index (κ3) is 2.80. The van der Waals surface area contributed by atoms with E-state index in [1.54, 1.807) is 0 Å². The van der Waals surface area contributed by atoms with Crippen LogP contribution in [0.3, 0.4) is 0 Å². The Morgan fingerprint density at radius 3 is 2.71 bits per heavy atom. The third-order valence-corrected chi connectivity index (χ3v) is 3.35. The summed E-state index contributed by atoms with van der Waals surface area (Å²) in [5, 5.41) is 2.96. The molecule has 1 unspecified atom stereocenters. The molecule has 0 spiro atoms. The van der Waals surface area contributed by atoms with E-state index >= 15 is 0 Å². The van der Waals surface area contributed by atoms with Gasteiger partial charge in [-0.1, -0.05) is 0 Å². The number of halogens is 2. The molecule has 0 bridgehead atoms. The van der Waals surface area contributed by atoms with Crippen molar-refractivity contribution in [2.75, 3.05) is 31.6 Å². The number of carbonyl (C=O) groups excluding carboxylic acids is 2. The van der Waals surface area contributed by atoms with Gasteiger partial charge in [-0.25, -0.2) is 13.6 Å². The van der Waals surface area contributed by atoms with Crippen molar-refractivity contribution in [2.24, 2.45) is 5.73 Å². The monoisotopic (exact) mass is 299 g/mol. The molecule has 1 fully saturated rings. The summed E-state index contributed by atoms with van der Waals surface area (Å²) in [4.78, 5) is 24.1. The van der Waals surface area contributed by atoms with Crippen LogP contribution in [0.2, 0.25) is 0 Å². The number of nitrogens with two attached hydrogens (primary N) is 1. The summed E-state index contributed by atoms with van der Waals surface area (Å²) in [6.45, 7) is 1.04. The average Bonchev–Trinajstić information content (AvgIpc) is 2.49. The number of amides is 1. The molecule has 0 radical (unpaired) electrons. The number of rotatable bonds is 3. The lowest BCUT2D eigenvalue weighted by Crippen LogP contribution is -2.57. The molecule has 1 atom stereocenters. The Kier molecular flexibility index (Phi) is 4.37. The molecule has 1 aliphatic heterocycles. The van der Waals surface area contributed by atoms with Crippen molar-refractivity contribution in [3.05, 3.63) is 29.3 Å². The lowest BCUT2D eigenvalue weighted by Gasteiger charge is -2.36. The summed E-state index contributed by atoms with van der Waals surface area (Å²) in [6.07, 6.45) is 0. The number of hydrogen-bond donors (Lipinski definition) is 2. The number of piperazine rings is 1. The molecule has 0 aliphatic carbocycles. The molecule has 1 saturated heterocycles. The van der Waals surface area contributed by atoms with E-state index in [1.807, 2.05) is 0 Å². The van der Waals surface area contributed by atoms with Crippen molar-refractivity contribution >= 4 is 17.6 Å². The van der Waals surface area contributed by atoms with Crippen LogP contribution in [0.25, 0.3) is 0 Å². The van der Waals surface area contributed by atoms with Gasteiger partial charge < -0.3 is 20.7 Å². The second-order valence-corrected chi connectivity index (χ2v) is 4.57.